The summed E-state index contributed by atoms with van der Waals surface area (Å²) in [6.07, 6.45) is 0. The number of amides is 1. The molecule has 1 heterocycles. The summed E-state index contributed by atoms with van der Waals surface area (Å²) in [4.78, 5) is 16.3. The number of thiazole rings is 1. The molecule has 2 aromatic carbocycles. The Bertz CT molecular complexity index is 847. The van der Waals surface area contributed by atoms with Gasteiger partial charge in [-0.2, -0.15) is 0 Å². The molecule has 3 N–H and O–H groups in total. The smallest absolute Gasteiger partial charge is 0.255 e. The van der Waals surface area contributed by atoms with Crippen LogP contribution >= 0.6 is 34.5 Å². The van der Waals surface area contributed by atoms with Gasteiger partial charge >= 0.3 is 0 Å². The first kappa shape index (κ1) is 14.1. The maximum atomic E-state index is 12.2. The summed E-state index contributed by atoms with van der Waals surface area (Å²) >= 11 is 13.1. The highest BCUT2D eigenvalue weighted by Crippen LogP contribution is 2.27. The minimum absolute atomic E-state index is 0.259. The lowest BCUT2D eigenvalue weighted by Crippen LogP contribution is -2.11. The third kappa shape index (κ3) is 2.95. The largest absolute Gasteiger partial charge is 0.375 e. The lowest BCUT2D eigenvalue weighted by atomic mass is 10.2. The highest BCUT2D eigenvalue weighted by Gasteiger charge is 2.09. The topological polar surface area (TPSA) is 68.0 Å². The first-order valence-corrected chi connectivity index (χ1v) is 7.52. The number of aromatic nitrogens is 1. The molecule has 0 radical (unpaired) electrons. The number of fused-ring (bicyclic) bond motifs is 1. The monoisotopic (exact) mass is 337 g/mol. The molecule has 0 aliphatic rings. The number of hydrogen-bond donors (Lipinski definition) is 2. The third-order valence-corrected chi connectivity index (χ3v) is 4.43. The van der Waals surface area contributed by atoms with E-state index in [1.54, 1.807) is 18.2 Å². The van der Waals surface area contributed by atoms with Gasteiger partial charge in [-0.25, -0.2) is 4.98 Å². The molecule has 1 amide bonds. The van der Waals surface area contributed by atoms with E-state index in [0.29, 0.717) is 26.4 Å². The second-order valence-corrected chi connectivity index (χ2v) is 6.19. The van der Waals surface area contributed by atoms with E-state index >= 15 is 0 Å². The molecule has 1 aromatic heterocycles. The molecule has 0 aliphatic heterocycles. The van der Waals surface area contributed by atoms with Crippen molar-refractivity contribution in [3.8, 4) is 0 Å². The van der Waals surface area contributed by atoms with E-state index in [1.165, 1.54) is 17.4 Å². The van der Waals surface area contributed by atoms with Gasteiger partial charge in [-0.15, -0.1) is 0 Å². The molecule has 0 atom stereocenters. The van der Waals surface area contributed by atoms with E-state index in [4.69, 9.17) is 28.9 Å². The van der Waals surface area contributed by atoms with Crippen LogP contribution < -0.4 is 11.1 Å². The summed E-state index contributed by atoms with van der Waals surface area (Å²) in [5, 5.41) is 4.06. The SMILES string of the molecule is Nc1nc2ccc(NC(=O)c3ccc(Cl)c(Cl)c3)cc2s1. The normalized spacial score (nSPS) is 10.8. The molecular weight excluding hydrogens is 329 g/mol. The highest BCUT2D eigenvalue weighted by molar-refractivity contribution is 7.22. The molecule has 3 aromatic rings. The first-order chi connectivity index (χ1) is 10.0. The molecule has 3 rings (SSSR count). The van der Waals surface area contributed by atoms with Gasteiger partial charge in [0.2, 0.25) is 0 Å². The van der Waals surface area contributed by atoms with E-state index in [-0.39, 0.29) is 5.91 Å². The fourth-order valence-corrected chi connectivity index (χ4v) is 2.93. The Hall–Kier alpha value is -1.82. The van der Waals surface area contributed by atoms with Crippen LogP contribution in [0.1, 0.15) is 10.4 Å². The summed E-state index contributed by atoms with van der Waals surface area (Å²) in [6, 6.07) is 10.2. The van der Waals surface area contributed by atoms with Crippen molar-refractivity contribution in [2.24, 2.45) is 0 Å². The Morgan fingerprint density at radius 3 is 2.71 bits per heavy atom. The Morgan fingerprint density at radius 2 is 1.95 bits per heavy atom. The third-order valence-electron chi connectivity index (χ3n) is 2.84. The Morgan fingerprint density at radius 1 is 1.14 bits per heavy atom. The number of benzene rings is 2. The maximum absolute atomic E-state index is 12.2. The number of rotatable bonds is 2. The van der Waals surface area contributed by atoms with Gasteiger partial charge in [-0.3, -0.25) is 4.79 Å². The van der Waals surface area contributed by atoms with Gasteiger partial charge in [0, 0.05) is 11.3 Å². The molecular formula is C14H9Cl2N3OS. The molecule has 0 fully saturated rings. The average molecular weight is 338 g/mol. The van der Waals surface area contributed by atoms with Crippen molar-refractivity contribution in [3.05, 3.63) is 52.0 Å². The number of carbonyl (C=O) groups is 1. The lowest BCUT2D eigenvalue weighted by molar-refractivity contribution is 0.102. The number of carbonyl (C=O) groups excluding carboxylic acids is 1. The summed E-state index contributed by atoms with van der Waals surface area (Å²) in [5.41, 5.74) is 7.57. The van der Waals surface area contributed by atoms with Crippen molar-refractivity contribution in [2.45, 2.75) is 0 Å². The number of halogens is 2. The predicted octanol–water partition coefficient (Wildman–Crippen LogP) is 4.44. The van der Waals surface area contributed by atoms with Gasteiger partial charge in [0.05, 0.1) is 20.3 Å². The van der Waals surface area contributed by atoms with Crippen LogP contribution in [0.2, 0.25) is 10.0 Å². The summed E-state index contributed by atoms with van der Waals surface area (Å²) in [7, 11) is 0. The van der Waals surface area contributed by atoms with Crippen LogP contribution in [-0.4, -0.2) is 10.9 Å². The Kier molecular flexibility index (Phi) is 3.71. The van der Waals surface area contributed by atoms with Gasteiger partial charge in [-0.05, 0) is 36.4 Å². The van der Waals surface area contributed by atoms with Crippen LogP contribution in [0.25, 0.3) is 10.2 Å². The minimum Gasteiger partial charge on any atom is -0.375 e. The van der Waals surface area contributed by atoms with Gasteiger partial charge in [-0.1, -0.05) is 34.5 Å². The van der Waals surface area contributed by atoms with Crippen LogP contribution in [-0.2, 0) is 0 Å². The van der Waals surface area contributed by atoms with Crippen LogP contribution in [0, 0.1) is 0 Å². The molecule has 0 saturated heterocycles. The predicted molar refractivity (Wildman–Crippen MR) is 88.4 cm³/mol. The molecule has 4 nitrogen and oxygen atoms in total. The number of nitrogens with one attached hydrogen (secondary N) is 1. The zero-order chi connectivity index (χ0) is 15.0. The molecule has 0 unspecified atom stereocenters. The van der Waals surface area contributed by atoms with Crippen LogP contribution in [0.5, 0.6) is 0 Å². The summed E-state index contributed by atoms with van der Waals surface area (Å²) in [5.74, 6) is -0.259. The van der Waals surface area contributed by atoms with Gasteiger partial charge in [0.15, 0.2) is 5.13 Å². The van der Waals surface area contributed by atoms with Gasteiger partial charge in [0.1, 0.15) is 0 Å². The highest BCUT2D eigenvalue weighted by atomic mass is 35.5. The number of hydrogen-bond acceptors (Lipinski definition) is 4. The van der Waals surface area contributed by atoms with Gasteiger partial charge in [0.25, 0.3) is 5.91 Å². The molecule has 0 aliphatic carbocycles. The second kappa shape index (κ2) is 5.52. The molecule has 7 heteroatoms. The van der Waals surface area contributed by atoms with Crippen LogP contribution in [0.15, 0.2) is 36.4 Å². The fraction of sp³-hybridized carbons (Fsp3) is 0. The maximum Gasteiger partial charge on any atom is 0.255 e. The van der Waals surface area contributed by atoms with Crippen molar-refractivity contribution in [3.63, 3.8) is 0 Å². The quantitative estimate of drug-likeness (QED) is 0.726. The van der Waals surface area contributed by atoms with E-state index in [9.17, 15) is 4.79 Å². The van der Waals surface area contributed by atoms with Gasteiger partial charge < -0.3 is 11.1 Å². The van der Waals surface area contributed by atoms with Crippen molar-refractivity contribution in [1.29, 1.82) is 0 Å². The van der Waals surface area contributed by atoms with Crippen molar-refractivity contribution >= 4 is 61.5 Å². The number of nitrogen functional groups attached to an aromatic ring is 1. The van der Waals surface area contributed by atoms with E-state index < -0.39 is 0 Å². The van der Waals surface area contributed by atoms with Crippen LogP contribution in [0.4, 0.5) is 10.8 Å². The van der Waals surface area contributed by atoms with Crippen molar-refractivity contribution < 1.29 is 4.79 Å². The molecule has 0 bridgehead atoms. The van der Waals surface area contributed by atoms with E-state index in [0.717, 1.165) is 10.2 Å². The Labute approximate surface area is 134 Å². The Balaban J connectivity index is 1.86. The minimum atomic E-state index is -0.259. The average Bonchev–Trinajstić information content (AvgIpc) is 2.81. The van der Waals surface area contributed by atoms with E-state index in [1.807, 2.05) is 12.1 Å². The standard InChI is InChI=1S/C14H9Cl2N3OS/c15-9-3-1-7(5-10(9)16)13(20)18-8-2-4-11-12(6-8)21-14(17)19-11/h1-6H,(H2,17,19)(H,18,20). The number of anilines is 2. The fourth-order valence-electron chi connectivity index (χ4n) is 1.86. The summed E-state index contributed by atoms with van der Waals surface area (Å²) in [6.45, 7) is 0. The first-order valence-electron chi connectivity index (χ1n) is 5.95. The lowest BCUT2D eigenvalue weighted by Gasteiger charge is -2.06. The number of nitrogens with zero attached hydrogens (tertiary/aromatic N) is 1. The molecule has 21 heavy (non-hydrogen) atoms. The molecule has 106 valence electrons. The second-order valence-electron chi connectivity index (χ2n) is 4.32. The molecule has 0 saturated carbocycles. The molecule has 0 spiro atoms. The zero-order valence-electron chi connectivity index (χ0n) is 10.6. The number of nitrogens with two attached hydrogens (primary N) is 1. The summed E-state index contributed by atoms with van der Waals surface area (Å²) < 4.78 is 0.916. The van der Waals surface area contributed by atoms with Crippen LogP contribution in [0.3, 0.4) is 0 Å². The zero-order valence-corrected chi connectivity index (χ0v) is 12.9. The van der Waals surface area contributed by atoms with Crippen molar-refractivity contribution in [1.82, 2.24) is 4.98 Å². The van der Waals surface area contributed by atoms with Crippen molar-refractivity contribution in [2.75, 3.05) is 11.1 Å². The van der Waals surface area contributed by atoms with E-state index in [2.05, 4.69) is 10.3 Å².